The molecule has 1 aromatic carbocycles. The summed E-state index contributed by atoms with van der Waals surface area (Å²) in [6.45, 7) is 0.358. The number of phenolic OH excluding ortho intramolecular Hbond substituents is 1. The third-order valence-corrected chi connectivity index (χ3v) is 5.21. The van der Waals surface area contributed by atoms with Crippen molar-refractivity contribution in [2.75, 3.05) is 6.54 Å². The van der Waals surface area contributed by atoms with Gasteiger partial charge in [-0.15, -0.1) is 0 Å². The zero-order valence-electron chi connectivity index (χ0n) is 16.3. The molecular weight excluding hydrogens is 358 g/mol. The van der Waals surface area contributed by atoms with E-state index < -0.39 is 17.9 Å². The van der Waals surface area contributed by atoms with Crippen molar-refractivity contribution < 1.29 is 19.5 Å². The molecule has 1 aliphatic carbocycles. The fourth-order valence-electron chi connectivity index (χ4n) is 3.60. The lowest BCUT2D eigenvalue weighted by molar-refractivity contribution is -0.131. The first-order valence-electron chi connectivity index (χ1n) is 10.1. The van der Waals surface area contributed by atoms with Gasteiger partial charge in [0.1, 0.15) is 11.8 Å². The summed E-state index contributed by atoms with van der Waals surface area (Å²) >= 11 is 0. The summed E-state index contributed by atoms with van der Waals surface area (Å²) in [5.74, 6) is -0.501. The Morgan fingerprint density at radius 1 is 1.11 bits per heavy atom. The Hall–Kier alpha value is -2.57. The smallest absolute Gasteiger partial charge is 0.243 e. The molecule has 0 aromatic heterocycles. The van der Waals surface area contributed by atoms with Gasteiger partial charge in [0, 0.05) is 13.0 Å². The largest absolute Gasteiger partial charge is 0.508 e. The predicted octanol–water partition coefficient (Wildman–Crippen LogP) is 1.77. The van der Waals surface area contributed by atoms with Crippen LogP contribution in [0.1, 0.15) is 56.9 Å². The van der Waals surface area contributed by atoms with Crippen LogP contribution in [-0.2, 0) is 20.8 Å². The Labute approximate surface area is 166 Å². The molecule has 1 aliphatic rings. The van der Waals surface area contributed by atoms with E-state index in [0.717, 1.165) is 24.8 Å². The monoisotopic (exact) mass is 389 g/mol. The fraction of sp³-hybridized carbons (Fsp3) is 0.571. The topological polar surface area (TPSA) is 122 Å². The van der Waals surface area contributed by atoms with E-state index in [1.807, 2.05) is 0 Å². The van der Waals surface area contributed by atoms with Crippen molar-refractivity contribution in [3.63, 3.8) is 0 Å². The number of hydrogen-bond acceptors (Lipinski definition) is 4. The van der Waals surface area contributed by atoms with Crippen LogP contribution in [0.4, 0.5) is 0 Å². The molecule has 0 radical (unpaired) electrons. The molecule has 0 saturated heterocycles. The summed E-state index contributed by atoms with van der Waals surface area (Å²) in [5.41, 5.74) is 6.20. The lowest BCUT2D eigenvalue weighted by Crippen LogP contribution is -2.49. The maximum Gasteiger partial charge on any atom is 0.243 e. The Morgan fingerprint density at radius 3 is 2.43 bits per heavy atom. The van der Waals surface area contributed by atoms with E-state index in [2.05, 4.69) is 10.6 Å². The zero-order chi connectivity index (χ0) is 20.4. The van der Waals surface area contributed by atoms with Crippen molar-refractivity contribution in [1.29, 1.82) is 0 Å². The van der Waals surface area contributed by atoms with Gasteiger partial charge in [-0.25, -0.2) is 0 Å². The van der Waals surface area contributed by atoms with Crippen molar-refractivity contribution in [1.82, 2.24) is 10.6 Å². The van der Waals surface area contributed by atoms with Crippen LogP contribution >= 0.6 is 0 Å². The summed E-state index contributed by atoms with van der Waals surface area (Å²) in [7, 11) is 0. The van der Waals surface area contributed by atoms with Gasteiger partial charge in [-0.1, -0.05) is 44.2 Å². The molecule has 0 aliphatic heterocycles. The summed E-state index contributed by atoms with van der Waals surface area (Å²) in [6.07, 6.45) is 7.57. The molecule has 0 spiro atoms. The number of nitrogens with one attached hydrogen (secondary N) is 2. The maximum absolute atomic E-state index is 12.4. The van der Waals surface area contributed by atoms with Gasteiger partial charge in [-0.3, -0.25) is 14.4 Å². The van der Waals surface area contributed by atoms with Crippen LogP contribution in [0.5, 0.6) is 5.75 Å². The van der Waals surface area contributed by atoms with Crippen LogP contribution in [0.25, 0.3) is 0 Å². The van der Waals surface area contributed by atoms with Crippen LogP contribution < -0.4 is 16.4 Å². The van der Waals surface area contributed by atoms with Crippen LogP contribution in [0.3, 0.4) is 0 Å². The Kier molecular flexibility index (Phi) is 8.78. The number of hydrogen-bond donors (Lipinski definition) is 4. The third-order valence-electron chi connectivity index (χ3n) is 5.21. The van der Waals surface area contributed by atoms with E-state index in [9.17, 15) is 19.5 Å². The van der Waals surface area contributed by atoms with Crippen LogP contribution in [0.2, 0.25) is 0 Å². The standard InChI is InChI=1S/C21H31N3O4/c22-19(26)14-18(24-20(27)11-8-15-4-2-1-3-5-15)21(28)23-13-12-16-6-9-17(25)10-7-16/h6-7,9-10,15,18,25H,1-5,8,11-14H2,(H2,22,26)(H,23,28)(H,24,27)/t18-/m1/s1. The quantitative estimate of drug-likeness (QED) is 0.487. The Balaban J connectivity index is 1.77. The summed E-state index contributed by atoms with van der Waals surface area (Å²) in [6, 6.07) is 5.76. The van der Waals surface area contributed by atoms with E-state index in [0.29, 0.717) is 25.3 Å². The van der Waals surface area contributed by atoms with Crippen LogP contribution in [-0.4, -0.2) is 35.4 Å². The average molecular weight is 389 g/mol. The summed E-state index contributed by atoms with van der Waals surface area (Å²) < 4.78 is 0. The number of phenols is 1. The van der Waals surface area contributed by atoms with Gasteiger partial charge in [-0.05, 0) is 36.5 Å². The van der Waals surface area contributed by atoms with Crippen molar-refractivity contribution >= 4 is 17.7 Å². The van der Waals surface area contributed by atoms with Gasteiger partial charge >= 0.3 is 0 Å². The number of benzene rings is 1. The molecule has 0 bridgehead atoms. The summed E-state index contributed by atoms with van der Waals surface area (Å²) in [4.78, 5) is 35.9. The number of nitrogens with two attached hydrogens (primary N) is 1. The molecule has 0 unspecified atom stereocenters. The lowest BCUT2D eigenvalue weighted by atomic mass is 9.86. The van der Waals surface area contributed by atoms with Gasteiger partial charge in [0.05, 0.1) is 6.42 Å². The third kappa shape index (κ3) is 7.98. The van der Waals surface area contributed by atoms with Gasteiger partial charge in [0.25, 0.3) is 0 Å². The molecule has 0 heterocycles. The van der Waals surface area contributed by atoms with E-state index in [1.54, 1.807) is 24.3 Å². The Bertz CT molecular complexity index is 654. The minimum absolute atomic E-state index is 0.185. The molecule has 1 fully saturated rings. The molecule has 1 aromatic rings. The first-order valence-corrected chi connectivity index (χ1v) is 10.1. The highest BCUT2D eigenvalue weighted by molar-refractivity contribution is 5.91. The maximum atomic E-state index is 12.4. The molecule has 7 nitrogen and oxygen atoms in total. The van der Waals surface area contributed by atoms with Gasteiger partial charge in [0.15, 0.2) is 0 Å². The molecule has 3 amide bonds. The number of aromatic hydroxyl groups is 1. The van der Waals surface area contributed by atoms with Gasteiger partial charge in [-0.2, -0.15) is 0 Å². The Morgan fingerprint density at radius 2 is 1.79 bits per heavy atom. The molecule has 2 rings (SSSR count). The molecule has 1 atom stereocenters. The van der Waals surface area contributed by atoms with Crippen molar-refractivity contribution in [2.45, 2.75) is 63.8 Å². The first kappa shape index (κ1) is 21.7. The van der Waals surface area contributed by atoms with Crippen molar-refractivity contribution in [3.8, 4) is 5.75 Å². The normalized spacial score (nSPS) is 15.6. The lowest BCUT2D eigenvalue weighted by Gasteiger charge is -2.22. The molecule has 5 N–H and O–H groups in total. The number of rotatable bonds is 10. The van der Waals surface area contributed by atoms with Crippen molar-refractivity contribution in [3.05, 3.63) is 29.8 Å². The second kappa shape index (κ2) is 11.3. The number of primary amides is 1. The van der Waals surface area contributed by atoms with Gasteiger partial charge < -0.3 is 21.5 Å². The minimum Gasteiger partial charge on any atom is -0.508 e. The predicted molar refractivity (Wildman–Crippen MR) is 106 cm³/mol. The molecular formula is C21H31N3O4. The first-order chi connectivity index (χ1) is 13.4. The van der Waals surface area contributed by atoms with Crippen LogP contribution in [0, 0.1) is 5.92 Å². The number of amides is 3. The molecule has 154 valence electrons. The SMILES string of the molecule is NC(=O)C[C@@H](NC(=O)CCC1CCCCC1)C(=O)NCCc1ccc(O)cc1. The summed E-state index contributed by atoms with van der Waals surface area (Å²) in [5, 5.41) is 14.7. The van der Waals surface area contributed by atoms with E-state index in [-0.39, 0.29) is 18.1 Å². The highest BCUT2D eigenvalue weighted by Gasteiger charge is 2.23. The average Bonchev–Trinajstić information content (AvgIpc) is 2.68. The number of carbonyl (C=O) groups is 3. The molecule has 28 heavy (non-hydrogen) atoms. The highest BCUT2D eigenvalue weighted by Crippen LogP contribution is 2.27. The molecule has 7 heteroatoms. The second-order valence-electron chi connectivity index (χ2n) is 7.54. The van der Waals surface area contributed by atoms with E-state index in [1.165, 1.54) is 19.3 Å². The minimum atomic E-state index is -0.948. The van der Waals surface area contributed by atoms with E-state index >= 15 is 0 Å². The molecule has 1 saturated carbocycles. The fourth-order valence-corrected chi connectivity index (χ4v) is 3.60. The second-order valence-corrected chi connectivity index (χ2v) is 7.54. The van der Waals surface area contributed by atoms with Crippen LogP contribution in [0.15, 0.2) is 24.3 Å². The van der Waals surface area contributed by atoms with E-state index in [4.69, 9.17) is 5.73 Å². The highest BCUT2D eigenvalue weighted by atomic mass is 16.3. The van der Waals surface area contributed by atoms with Crippen molar-refractivity contribution in [2.24, 2.45) is 11.7 Å². The van der Waals surface area contributed by atoms with Gasteiger partial charge in [0.2, 0.25) is 17.7 Å². The number of carbonyl (C=O) groups excluding carboxylic acids is 3. The zero-order valence-corrected chi connectivity index (χ0v) is 16.3.